The molecule has 13 rings (SSSR count). The average Bonchev–Trinajstić information content (AvgIpc) is 3.95. The van der Waals surface area contributed by atoms with E-state index >= 15 is 0 Å². The van der Waals surface area contributed by atoms with Gasteiger partial charge in [-0.2, -0.15) is 0 Å². The van der Waals surface area contributed by atoms with Crippen LogP contribution < -0.4 is 16.4 Å². The predicted molar refractivity (Wildman–Crippen MR) is 276 cm³/mol. The molecule has 0 amide bonds. The van der Waals surface area contributed by atoms with Crippen molar-refractivity contribution in [1.29, 1.82) is 0 Å². The maximum absolute atomic E-state index is 2.59. The number of fused-ring (bicyclic) bond motifs is 18. The van der Waals surface area contributed by atoms with Crippen LogP contribution in [0.3, 0.4) is 0 Å². The second kappa shape index (κ2) is 12.0. The van der Waals surface area contributed by atoms with Crippen molar-refractivity contribution < 1.29 is 0 Å². The number of hydrogen-bond acceptors (Lipinski definition) is 2. The molecule has 0 bridgehead atoms. The Balaban J connectivity index is 1.12. The summed E-state index contributed by atoms with van der Waals surface area (Å²) in [4.78, 5) is 5.61. The van der Waals surface area contributed by atoms with Gasteiger partial charge >= 0.3 is 0 Å². The van der Waals surface area contributed by atoms with Crippen molar-refractivity contribution in [3.05, 3.63) is 125 Å². The van der Waals surface area contributed by atoms with Crippen molar-refractivity contribution >= 4 is 123 Å². The van der Waals surface area contributed by atoms with Gasteiger partial charge in [-0.25, -0.2) is 0 Å². The lowest BCUT2D eigenvalue weighted by molar-refractivity contribution is 0.590. The Kier molecular flexibility index (Phi) is 7.29. The van der Waals surface area contributed by atoms with Crippen LogP contribution in [0.15, 0.2) is 123 Å². The van der Waals surface area contributed by atoms with Crippen molar-refractivity contribution in [2.75, 3.05) is 0 Å². The Bertz CT molecular complexity index is 3590. The van der Waals surface area contributed by atoms with Gasteiger partial charge in [-0.1, -0.05) is 148 Å². The molecule has 2 aliphatic heterocycles. The van der Waals surface area contributed by atoms with E-state index in [2.05, 4.69) is 195 Å². The van der Waals surface area contributed by atoms with Crippen LogP contribution in [-0.4, -0.2) is 15.5 Å². The molecular weight excluding hydrogens is 800 g/mol. The van der Waals surface area contributed by atoms with Crippen LogP contribution >= 0.6 is 23.5 Å². The van der Waals surface area contributed by atoms with Crippen molar-refractivity contribution in [3.63, 3.8) is 0 Å². The summed E-state index contributed by atoms with van der Waals surface area (Å²) in [5.74, 6) is 0. The third-order valence-electron chi connectivity index (χ3n) is 14.9. The highest BCUT2D eigenvalue weighted by molar-refractivity contribution is 8.01. The second-order valence-electron chi connectivity index (χ2n) is 23.0. The van der Waals surface area contributed by atoms with E-state index in [0.29, 0.717) is 0 Å². The molecule has 63 heavy (non-hydrogen) atoms. The Labute approximate surface area is 379 Å². The first-order valence-electron chi connectivity index (χ1n) is 22.9. The summed E-state index contributed by atoms with van der Waals surface area (Å²) in [6, 6.07) is 41.5. The van der Waals surface area contributed by atoms with Crippen LogP contribution in [0.2, 0.25) is 0 Å². The molecule has 0 unspecified atom stereocenters. The number of hydrogen-bond donors (Lipinski definition) is 0. The van der Waals surface area contributed by atoms with Crippen molar-refractivity contribution in [2.24, 2.45) is 0 Å². The second-order valence-corrected chi connectivity index (χ2v) is 25.1. The monoisotopic (exact) mass is 852 g/mol. The zero-order valence-corrected chi connectivity index (χ0v) is 40.2. The minimum atomic E-state index is 0.00175. The van der Waals surface area contributed by atoms with Crippen LogP contribution in [0.25, 0.3) is 76.2 Å². The molecule has 0 radical (unpaired) electrons. The van der Waals surface area contributed by atoms with Crippen LogP contribution in [0.1, 0.15) is 105 Å². The Morgan fingerprint density at radius 1 is 0.381 bits per heavy atom. The van der Waals surface area contributed by atoms with Gasteiger partial charge in [0, 0.05) is 62.7 Å². The number of rotatable bonds is 0. The molecule has 0 saturated heterocycles. The van der Waals surface area contributed by atoms with Gasteiger partial charge in [0.25, 0.3) is 0 Å². The van der Waals surface area contributed by atoms with E-state index in [1.807, 2.05) is 23.5 Å². The lowest BCUT2D eigenvalue weighted by Crippen LogP contribution is -2.58. The van der Waals surface area contributed by atoms with Gasteiger partial charge in [0.15, 0.2) is 0 Å². The third kappa shape index (κ3) is 5.02. The van der Waals surface area contributed by atoms with E-state index < -0.39 is 0 Å². The first kappa shape index (κ1) is 38.4. The zero-order valence-electron chi connectivity index (χ0n) is 38.6. The molecule has 0 aliphatic carbocycles. The van der Waals surface area contributed by atoms with Gasteiger partial charge in [-0.05, 0) is 122 Å². The normalized spacial score (nSPS) is 14.8. The lowest BCUT2D eigenvalue weighted by Gasteiger charge is -2.33. The van der Waals surface area contributed by atoms with Gasteiger partial charge in [0.1, 0.15) is 0 Å². The lowest BCUT2D eigenvalue weighted by atomic mass is 9.36. The summed E-state index contributed by atoms with van der Waals surface area (Å²) < 4.78 is 5.18. The van der Waals surface area contributed by atoms with E-state index in [4.69, 9.17) is 0 Å². The molecule has 310 valence electrons. The molecule has 0 N–H and O–H groups in total. The van der Waals surface area contributed by atoms with E-state index in [0.717, 1.165) is 0 Å². The summed E-state index contributed by atoms with van der Waals surface area (Å²) in [5, 5.41) is 11.0. The molecule has 0 atom stereocenters. The number of aromatic nitrogens is 2. The molecule has 5 heteroatoms. The summed E-state index contributed by atoms with van der Waals surface area (Å²) in [5.41, 5.74) is 18.0. The fourth-order valence-corrected chi connectivity index (χ4v) is 14.1. The summed E-state index contributed by atoms with van der Waals surface area (Å²) in [6.07, 6.45) is 0. The summed E-state index contributed by atoms with van der Waals surface area (Å²) >= 11 is 4.01. The predicted octanol–water partition coefficient (Wildman–Crippen LogP) is 14.6. The quantitative estimate of drug-likeness (QED) is 0.141. The Morgan fingerprint density at radius 2 is 0.746 bits per heavy atom. The fourth-order valence-electron chi connectivity index (χ4n) is 11.4. The van der Waals surface area contributed by atoms with Crippen LogP contribution in [0.4, 0.5) is 0 Å². The molecule has 7 aromatic carbocycles. The Morgan fingerprint density at radius 3 is 1.14 bits per heavy atom. The van der Waals surface area contributed by atoms with Crippen LogP contribution in [0.5, 0.6) is 0 Å². The van der Waals surface area contributed by atoms with Crippen molar-refractivity contribution in [3.8, 4) is 0 Å². The van der Waals surface area contributed by atoms with Gasteiger partial charge < -0.3 is 8.80 Å². The maximum atomic E-state index is 2.59. The number of benzene rings is 7. The molecule has 4 aromatic heterocycles. The van der Waals surface area contributed by atoms with Crippen molar-refractivity contribution in [2.45, 2.75) is 124 Å². The molecule has 2 aliphatic rings. The smallest absolute Gasteiger partial charge is 0.247 e. The molecule has 0 spiro atoms. The van der Waals surface area contributed by atoms with Gasteiger partial charge in [-0.3, -0.25) is 0 Å². The summed E-state index contributed by atoms with van der Waals surface area (Å²) in [6.45, 7) is 28.3. The maximum Gasteiger partial charge on any atom is 0.247 e. The first-order valence-corrected chi connectivity index (χ1v) is 24.5. The SMILES string of the molecule is CC(C)(C)c1ccc2c(c1)c1cc(C(C)(C)C)cc3c4c5c(ccc4n2c13)B1c2ccc3c(c2Sc2cccc(c21)S5)c1cc(C(C)(C)C)cc2c4cc(C(C)(C)C)ccc4n3c21. The van der Waals surface area contributed by atoms with Crippen LogP contribution in [-0.2, 0) is 21.7 Å². The van der Waals surface area contributed by atoms with E-state index in [1.165, 1.54) is 134 Å². The first-order chi connectivity index (χ1) is 29.8. The minimum absolute atomic E-state index is 0.00175. The topological polar surface area (TPSA) is 8.82 Å². The fraction of sp³-hybridized carbons (Fsp3) is 0.276. The molecule has 11 aromatic rings. The van der Waals surface area contributed by atoms with E-state index in [9.17, 15) is 0 Å². The molecule has 0 saturated carbocycles. The standard InChI is InChI=1S/C58H53BN2S2/c1-55(2,3)30-16-20-42-34(24-30)36-26-32(57(7,8)9)28-38-48-44(60(42)51(36)38)22-18-40-53(48)62-46-14-13-15-47-50(46)59(40)41-19-23-45-49(54(41)63-47)39-29-33(58(10,11)12)27-37-35-25-31(56(4,5)6)17-21-43(35)61(45)52(37)39/h13-29H,1-12H3. The molecule has 0 fully saturated rings. The molecular formula is C58H53BN2S2. The average molecular weight is 853 g/mol. The summed E-state index contributed by atoms with van der Waals surface area (Å²) in [7, 11) is 0. The molecule has 2 nitrogen and oxygen atoms in total. The van der Waals surface area contributed by atoms with E-state index in [1.54, 1.807) is 0 Å². The van der Waals surface area contributed by atoms with E-state index in [-0.39, 0.29) is 28.4 Å². The highest BCUT2D eigenvalue weighted by Crippen LogP contribution is 2.50. The Hall–Kier alpha value is -5.10. The minimum Gasteiger partial charge on any atom is -0.308 e. The van der Waals surface area contributed by atoms with Gasteiger partial charge in [0.2, 0.25) is 6.71 Å². The van der Waals surface area contributed by atoms with Crippen LogP contribution in [0, 0.1) is 0 Å². The highest BCUT2D eigenvalue weighted by atomic mass is 32.2. The van der Waals surface area contributed by atoms with Gasteiger partial charge in [0.05, 0.1) is 33.1 Å². The highest BCUT2D eigenvalue weighted by Gasteiger charge is 2.41. The van der Waals surface area contributed by atoms with Gasteiger partial charge in [-0.15, -0.1) is 0 Å². The van der Waals surface area contributed by atoms with Crippen molar-refractivity contribution in [1.82, 2.24) is 8.80 Å². The largest absolute Gasteiger partial charge is 0.308 e. The number of nitrogens with zero attached hydrogens (tertiary/aromatic N) is 2. The third-order valence-corrected chi connectivity index (χ3v) is 17.3. The zero-order chi connectivity index (χ0) is 43.6. The molecule has 6 heterocycles.